The lowest BCUT2D eigenvalue weighted by atomic mass is 10.0. The number of carbonyl (C=O) groups excluding carboxylic acids is 1. The molecule has 1 N–H and O–H groups in total. The van der Waals surface area contributed by atoms with Crippen molar-refractivity contribution in [3.05, 3.63) is 24.2 Å². The Hall–Kier alpha value is -1.29. The van der Waals surface area contributed by atoms with E-state index < -0.39 is 0 Å². The van der Waals surface area contributed by atoms with Crippen molar-refractivity contribution in [3.8, 4) is 0 Å². The molecule has 0 bridgehead atoms. The van der Waals surface area contributed by atoms with Gasteiger partial charge >= 0.3 is 0 Å². The van der Waals surface area contributed by atoms with Gasteiger partial charge in [0.1, 0.15) is 0 Å². The summed E-state index contributed by atoms with van der Waals surface area (Å²) in [5.74, 6) is 1.01. The number of nitrogens with zero attached hydrogens (tertiary/aromatic N) is 1. The summed E-state index contributed by atoms with van der Waals surface area (Å²) < 4.78 is 5.09. The molecule has 1 saturated heterocycles. The van der Waals surface area contributed by atoms with Gasteiger partial charge in [0.15, 0.2) is 5.76 Å². The third-order valence-electron chi connectivity index (χ3n) is 3.29. The quantitative estimate of drug-likeness (QED) is 0.890. The first-order chi connectivity index (χ1) is 8.65. The summed E-state index contributed by atoms with van der Waals surface area (Å²) in [6, 6.07) is 3.72. The van der Waals surface area contributed by atoms with Crippen molar-refractivity contribution in [1.29, 1.82) is 0 Å². The Bertz CT molecular complexity index is 365. The van der Waals surface area contributed by atoms with Crippen LogP contribution in [0, 0.1) is 5.92 Å². The third-order valence-corrected chi connectivity index (χ3v) is 3.29. The lowest BCUT2D eigenvalue weighted by Crippen LogP contribution is -2.45. The minimum atomic E-state index is -0.0951. The van der Waals surface area contributed by atoms with Gasteiger partial charge in [-0.1, -0.05) is 13.8 Å². The second kappa shape index (κ2) is 6.05. The molecule has 0 aliphatic carbocycles. The number of likely N-dealkylation sites (tertiary alicyclic amines) is 1. The molecule has 2 heterocycles. The molecular weight excluding hydrogens is 228 g/mol. The highest BCUT2D eigenvalue weighted by Crippen LogP contribution is 2.13. The molecule has 2 rings (SSSR count). The Morgan fingerprint density at radius 1 is 1.50 bits per heavy atom. The molecule has 100 valence electrons. The Morgan fingerprint density at radius 2 is 2.22 bits per heavy atom. The number of hydrogen-bond acceptors (Lipinski definition) is 3. The molecule has 0 spiro atoms. The molecule has 4 nitrogen and oxygen atoms in total. The first kappa shape index (κ1) is 13.1. The van der Waals surface area contributed by atoms with Crippen LogP contribution in [0.15, 0.2) is 22.8 Å². The number of hydrogen-bond donors (Lipinski definition) is 1. The molecule has 1 aliphatic heterocycles. The highest BCUT2D eigenvalue weighted by molar-refractivity contribution is 5.91. The van der Waals surface area contributed by atoms with E-state index in [4.69, 9.17) is 4.42 Å². The maximum atomic E-state index is 11.8. The fourth-order valence-electron chi connectivity index (χ4n) is 2.44. The number of carbonyl (C=O) groups is 1. The van der Waals surface area contributed by atoms with E-state index in [9.17, 15) is 4.79 Å². The zero-order valence-corrected chi connectivity index (χ0v) is 11.2. The zero-order valence-electron chi connectivity index (χ0n) is 11.2. The van der Waals surface area contributed by atoms with Gasteiger partial charge in [0.05, 0.1) is 6.26 Å². The minimum absolute atomic E-state index is 0.0951. The van der Waals surface area contributed by atoms with Crippen LogP contribution in [0.25, 0.3) is 0 Å². The normalized spacial score (nSPS) is 18.2. The molecule has 0 atom stereocenters. The van der Waals surface area contributed by atoms with Crippen molar-refractivity contribution in [1.82, 2.24) is 10.2 Å². The summed E-state index contributed by atoms with van der Waals surface area (Å²) in [7, 11) is 0. The molecule has 0 unspecified atom stereocenters. The van der Waals surface area contributed by atoms with E-state index in [0.717, 1.165) is 32.5 Å². The van der Waals surface area contributed by atoms with E-state index >= 15 is 0 Å². The van der Waals surface area contributed by atoms with Gasteiger partial charge < -0.3 is 14.6 Å². The van der Waals surface area contributed by atoms with Crippen LogP contribution in [0.2, 0.25) is 0 Å². The summed E-state index contributed by atoms with van der Waals surface area (Å²) in [6.07, 6.45) is 3.58. The van der Waals surface area contributed by atoms with Crippen LogP contribution in [-0.4, -0.2) is 36.5 Å². The Kier molecular flexibility index (Phi) is 4.42. The van der Waals surface area contributed by atoms with E-state index in [2.05, 4.69) is 24.1 Å². The highest BCUT2D eigenvalue weighted by atomic mass is 16.3. The van der Waals surface area contributed by atoms with Crippen molar-refractivity contribution >= 4 is 5.91 Å². The summed E-state index contributed by atoms with van der Waals surface area (Å²) >= 11 is 0. The van der Waals surface area contributed by atoms with E-state index in [1.807, 2.05) is 0 Å². The van der Waals surface area contributed by atoms with Crippen LogP contribution in [0.3, 0.4) is 0 Å². The fraction of sp³-hybridized carbons (Fsp3) is 0.643. The summed E-state index contributed by atoms with van der Waals surface area (Å²) in [5.41, 5.74) is 0. The molecule has 1 aromatic rings. The second-order valence-corrected chi connectivity index (χ2v) is 5.42. The average Bonchev–Trinajstić information content (AvgIpc) is 2.84. The van der Waals surface area contributed by atoms with Gasteiger partial charge in [-0.2, -0.15) is 0 Å². The number of rotatable bonds is 4. The predicted molar refractivity (Wildman–Crippen MR) is 70.5 cm³/mol. The summed E-state index contributed by atoms with van der Waals surface area (Å²) in [5, 5.41) is 3.04. The van der Waals surface area contributed by atoms with Crippen LogP contribution in [-0.2, 0) is 0 Å². The van der Waals surface area contributed by atoms with Crippen molar-refractivity contribution < 1.29 is 9.21 Å². The number of furan rings is 1. The smallest absolute Gasteiger partial charge is 0.287 e. The van der Waals surface area contributed by atoms with Gasteiger partial charge in [-0.25, -0.2) is 0 Å². The van der Waals surface area contributed by atoms with Gasteiger partial charge in [0.25, 0.3) is 5.91 Å². The SMILES string of the molecule is CC(C)CN1CCC(NC(=O)c2ccco2)CC1. The van der Waals surface area contributed by atoms with Crippen molar-refractivity contribution in [2.45, 2.75) is 32.7 Å². The molecule has 1 aliphatic rings. The fourth-order valence-corrected chi connectivity index (χ4v) is 2.44. The predicted octanol–water partition coefficient (Wildman–Crippen LogP) is 2.13. The maximum Gasteiger partial charge on any atom is 0.287 e. The number of amides is 1. The van der Waals surface area contributed by atoms with E-state index in [-0.39, 0.29) is 11.9 Å². The van der Waals surface area contributed by atoms with Gasteiger partial charge in [-0.3, -0.25) is 4.79 Å². The van der Waals surface area contributed by atoms with Crippen LogP contribution in [0.5, 0.6) is 0 Å². The first-order valence-electron chi connectivity index (χ1n) is 6.72. The molecule has 0 aromatic carbocycles. The van der Waals surface area contributed by atoms with Crippen LogP contribution >= 0.6 is 0 Å². The third kappa shape index (κ3) is 3.60. The molecule has 18 heavy (non-hydrogen) atoms. The van der Waals surface area contributed by atoms with Crippen molar-refractivity contribution in [2.24, 2.45) is 5.92 Å². The topological polar surface area (TPSA) is 45.5 Å². The summed E-state index contributed by atoms with van der Waals surface area (Å²) in [4.78, 5) is 14.3. The maximum absolute atomic E-state index is 11.8. The van der Waals surface area contributed by atoms with Gasteiger partial charge in [-0.15, -0.1) is 0 Å². The lowest BCUT2D eigenvalue weighted by molar-refractivity contribution is 0.0879. The van der Waals surface area contributed by atoms with Crippen LogP contribution in [0.4, 0.5) is 0 Å². The lowest BCUT2D eigenvalue weighted by Gasteiger charge is -2.33. The average molecular weight is 250 g/mol. The van der Waals surface area contributed by atoms with E-state index in [1.165, 1.54) is 6.26 Å². The highest BCUT2D eigenvalue weighted by Gasteiger charge is 2.22. The zero-order chi connectivity index (χ0) is 13.0. The second-order valence-electron chi connectivity index (χ2n) is 5.42. The summed E-state index contributed by atoms with van der Waals surface area (Å²) in [6.45, 7) is 7.77. The largest absolute Gasteiger partial charge is 0.459 e. The Labute approximate surface area is 108 Å². The molecular formula is C14H22N2O2. The van der Waals surface area contributed by atoms with Gasteiger partial charge in [-0.05, 0) is 30.9 Å². The molecule has 0 radical (unpaired) electrons. The van der Waals surface area contributed by atoms with Gasteiger partial charge in [0.2, 0.25) is 0 Å². The monoisotopic (exact) mass is 250 g/mol. The standard InChI is InChI=1S/C14H22N2O2/c1-11(2)10-16-7-5-12(6-8-16)15-14(17)13-4-3-9-18-13/h3-4,9,11-12H,5-8,10H2,1-2H3,(H,15,17). The molecule has 1 fully saturated rings. The molecule has 4 heteroatoms. The minimum Gasteiger partial charge on any atom is -0.459 e. The van der Waals surface area contributed by atoms with Crippen LogP contribution in [0.1, 0.15) is 37.2 Å². The van der Waals surface area contributed by atoms with Gasteiger partial charge in [0, 0.05) is 25.7 Å². The van der Waals surface area contributed by atoms with E-state index in [1.54, 1.807) is 12.1 Å². The molecule has 0 saturated carbocycles. The first-order valence-corrected chi connectivity index (χ1v) is 6.72. The van der Waals surface area contributed by atoms with Crippen molar-refractivity contribution in [2.75, 3.05) is 19.6 Å². The Balaban J connectivity index is 1.75. The number of nitrogens with one attached hydrogen (secondary N) is 1. The Morgan fingerprint density at radius 3 is 2.78 bits per heavy atom. The number of piperidine rings is 1. The van der Waals surface area contributed by atoms with Crippen molar-refractivity contribution in [3.63, 3.8) is 0 Å². The van der Waals surface area contributed by atoms with Crippen LogP contribution < -0.4 is 5.32 Å². The molecule has 1 amide bonds. The molecule has 1 aromatic heterocycles. The van der Waals surface area contributed by atoms with E-state index in [0.29, 0.717) is 11.7 Å².